The van der Waals surface area contributed by atoms with E-state index >= 15 is 0 Å². The number of benzene rings is 4. The zero-order chi connectivity index (χ0) is 38.5. The molecule has 8 rings (SSSR count). The normalized spacial score (nSPS) is 10.3. The number of nitrogen functional groups attached to an aromatic ring is 1. The van der Waals surface area contributed by atoms with Crippen LogP contribution >= 0.6 is 7.75 Å². The molecule has 13 nitrogen and oxygen atoms in total. The highest BCUT2D eigenvalue weighted by molar-refractivity contribution is 7.53. The van der Waals surface area contributed by atoms with Crippen molar-refractivity contribution < 1.29 is 23.5 Å². The van der Waals surface area contributed by atoms with Crippen molar-refractivity contribution in [1.29, 1.82) is 0 Å². The van der Waals surface area contributed by atoms with Crippen LogP contribution in [0.4, 0.5) is 5.69 Å². The molecule has 278 valence electrons. The SMILES string of the molecule is C.Nc1cc(-c2ccccc2)nc2ccncc12.O=C(O)c1cc(-c2ccccc2)nc2ccncc12.[N-]=[N+]=NP(=O)(Oc1ccccc1)Oc1ccccc1. The highest BCUT2D eigenvalue weighted by Gasteiger charge is 2.26. The van der Waals surface area contributed by atoms with Crippen LogP contribution in [0.5, 0.6) is 11.5 Å². The van der Waals surface area contributed by atoms with Gasteiger partial charge in [0.2, 0.25) is 0 Å². The van der Waals surface area contributed by atoms with Crippen molar-refractivity contribution >= 4 is 41.2 Å². The van der Waals surface area contributed by atoms with Gasteiger partial charge in [-0.3, -0.25) is 9.97 Å². The van der Waals surface area contributed by atoms with Crippen molar-refractivity contribution in [3.63, 3.8) is 0 Å². The number of hydrogen-bond donors (Lipinski definition) is 2. The van der Waals surface area contributed by atoms with E-state index in [0.29, 0.717) is 33.8 Å². The van der Waals surface area contributed by atoms with E-state index in [0.717, 1.165) is 27.7 Å². The van der Waals surface area contributed by atoms with Crippen LogP contribution in [0.1, 0.15) is 17.8 Å². The minimum absolute atomic E-state index is 0. The number of azide groups is 1. The number of aromatic carboxylic acids is 1. The maximum atomic E-state index is 12.3. The number of carbonyl (C=O) groups is 1. The molecule has 0 unspecified atom stereocenters. The third kappa shape index (κ3) is 10.3. The summed E-state index contributed by atoms with van der Waals surface area (Å²) >= 11 is 0. The van der Waals surface area contributed by atoms with Crippen LogP contribution in [0.15, 0.2) is 175 Å². The molecule has 4 aromatic carbocycles. The summed E-state index contributed by atoms with van der Waals surface area (Å²) in [5.74, 6) is -0.374. The zero-order valence-electron chi connectivity index (χ0n) is 28.9. The van der Waals surface area contributed by atoms with Crippen LogP contribution in [0, 0.1) is 0 Å². The Morgan fingerprint density at radius 3 is 1.55 bits per heavy atom. The Hall–Kier alpha value is -7.59. The van der Waals surface area contributed by atoms with Crippen LogP contribution in [-0.4, -0.2) is 31.0 Å². The molecule has 0 atom stereocenters. The first kappa shape index (κ1) is 39.6. The Bertz CT molecular complexity index is 2590. The van der Waals surface area contributed by atoms with Crippen LogP contribution in [0.3, 0.4) is 0 Å². The Morgan fingerprint density at radius 1 is 0.661 bits per heavy atom. The molecule has 0 radical (unpaired) electrons. The van der Waals surface area contributed by atoms with Gasteiger partial charge in [0.15, 0.2) is 0 Å². The summed E-state index contributed by atoms with van der Waals surface area (Å²) in [4.78, 5) is 34.1. The molecule has 14 heteroatoms. The van der Waals surface area contributed by atoms with Crippen molar-refractivity contribution in [3.05, 3.63) is 186 Å². The molecule has 0 aliphatic carbocycles. The average molecular weight is 763 g/mol. The molecule has 4 aromatic heterocycles. The predicted molar refractivity (Wildman–Crippen MR) is 219 cm³/mol. The van der Waals surface area contributed by atoms with E-state index in [4.69, 9.17) is 20.3 Å². The molecule has 8 aromatic rings. The highest BCUT2D eigenvalue weighted by atomic mass is 31.2. The maximum Gasteiger partial charge on any atom is 0.525 e. The standard InChI is InChI=1S/C15H10N2O2.C14H11N3.C12H10N3O3P.CH4/c18-15(19)11-8-14(10-4-2-1-3-5-10)17-13-6-7-16-9-12(11)13;15-12-8-14(10-4-2-1-3-5-10)17-13-6-7-16-9-11(12)13;13-14-15-19(16,17-11-7-3-1-4-8-11)18-12-9-5-2-6-10-12;/h1-9H,(H,18,19);1-9H,(H2,15,17);1-10H;1H4. The molecular weight excluding hydrogens is 727 g/mol. The number of carboxylic acid groups (broad SMARTS) is 1. The summed E-state index contributed by atoms with van der Waals surface area (Å²) in [5, 5.41) is 10.7. The van der Waals surface area contributed by atoms with Crippen molar-refractivity contribution in [2.24, 2.45) is 4.88 Å². The van der Waals surface area contributed by atoms with Gasteiger partial charge in [0, 0.05) is 62.2 Å². The minimum atomic E-state index is -3.95. The Balaban J connectivity index is 0.000000160. The molecule has 0 aliphatic rings. The maximum absolute atomic E-state index is 12.3. The fourth-order valence-corrected chi connectivity index (χ4v) is 6.17. The van der Waals surface area contributed by atoms with E-state index in [1.807, 2.05) is 72.8 Å². The number of pyridine rings is 4. The molecule has 0 amide bonds. The lowest BCUT2D eigenvalue weighted by molar-refractivity contribution is 0.0699. The molecule has 56 heavy (non-hydrogen) atoms. The zero-order valence-corrected chi connectivity index (χ0v) is 29.8. The van der Waals surface area contributed by atoms with Gasteiger partial charge in [-0.25, -0.2) is 19.3 Å². The van der Waals surface area contributed by atoms with E-state index < -0.39 is 13.7 Å². The number of carboxylic acids is 1. The Kier molecular flexibility index (Phi) is 13.4. The van der Waals surface area contributed by atoms with Gasteiger partial charge in [-0.15, -0.1) is 0 Å². The van der Waals surface area contributed by atoms with E-state index in [1.165, 1.54) is 6.20 Å². The topological polar surface area (TPSA) is 199 Å². The Labute approximate surface area is 322 Å². The summed E-state index contributed by atoms with van der Waals surface area (Å²) in [6.07, 6.45) is 6.60. The molecule has 0 saturated carbocycles. The fraction of sp³-hybridized carbons (Fsp3) is 0.0238. The molecular formula is C42H35N8O5P. The first-order chi connectivity index (χ1) is 26.8. The molecule has 3 N–H and O–H groups in total. The first-order valence-electron chi connectivity index (χ1n) is 16.6. The van der Waals surface area contributed by atoms with E-state index in [2.05, 4.69) is 29.7 Å². The van der Waals surface area contributed by atoms with Gasteiger partial charge in [0.05, 0.1) is 28.0 Å². The molecule has 0 spiro atoms. The lowest BCUT2D eigenvalue weighted by Crippen LogP contribution is -2.00. The summed E-state index contributed by atoms with van der Waals surface area (Å²) < 4.78 is 22.6. The minimum Gasteiger partial charge on any atom is -0.478 e. The summed E-state index contributed by atoms with van der Waals surface area (Å²) in [5.41, 5.74) is 20.4. The van der Waals surface area contributed by atoms with Gasteiger partial charge in [-0.2, -0.15) is 0 Å². The average Bonchev–Trinajstić information content (AvgIpc) is 3.22. The van der Waals surface area contributed by atoms with Crippen LogP contribution in [0.2, 0.25) is 0 Å². The highest BCUT2D eigenvalue weighted by Crippen LogP contribution is 2.50. The second kappa shape index (κ2) is 18.9. The molecule has 0 aliphatic heterocycles. The van der Waals surface area contributed by atoms with Gasteiger partial charge in [-0.1, -0.05) is 104 Å². The summed E-state index contributed by atoms with van der Waals surface area (Å²) in [7, 11) is -3.95. The molecule has 0 fully saturated rings. The van der Waals surface area contributed by atoms with Crippen LogP contribution in [0.25, 0.3) is 54.8 Å². The van der Waals surface area contributed by atoms with E-state index in [9.17, 15) is 14.5 Å². The number of nitrogens with two attached hydrogens (primary N) is 1. The lowest BCUT2D eigenvalue weighted by Gasteiger charge is -2.14. The molecule has 0 saturated heterocycles. The molecule has 0 bridgehead atoms. The van der Waals surface area contributed by atoms with E-state index in [-0.39, 0.29) is 13.0 Å². The molecule has 4 heterocycles. The number of nitrogens with zero attached hydrogens (tertiary/aromatic N) is 7. The number of rotatable bonds is 8. The lowest BCUT2D eigenvalue weighted by atomic mass is 10.1. The summed E-state index contributed by atoms with van der Waals surface area (Å²) in [6, 6.07) is 43.3. The van der Waals surface area contributed by atoms with Crippen molar-refractivity contribution in [2.45, 2.75) is 7.43 Å². The third-order valence-corrected chi connectivity index (χ3v) is 8.88. The second-order valence-electron chi connectivity index (χ2n) is 11.4. The predicted octanol–water partition coefficient (Wildman–Crippen LogP) is 11.1. The second-order valence-corrected chi connectivity index (χ2v) is 12.9. The van der Waals surface area contributed by atoms with Crippen LogP contribution < -0.4 is 14.8 Å². The van der Waals surface area contributed by atoms with E-state index in [1.54, 1.807) is 91.4 Å². The smallest absolute Gasteiger partial charge is 0.478 e. The number of anilines is 1. The quantitative estimate of drug-likeness (QED) is 0.0649. The fourth-order valence-electron chi connectivity index (χ4n) is 5.19. The Morgan fingerprint density at radius 2 is 1.09 bits per heavy atom. The number of para-hydroxylation sites is 2. The largest absolute Gasteiger partial charge is 0.525 e. The monoisotopic (exact) mass is 762 g/mol. The third-order valence-electron chi connectivity index (χ3n) is 7.70. The number of aromatic nitrogens is 4. The van der Waals surface area contributed by atoms with Gasteiger partial charge < -0.3 is 19.9 Å². The number of fused-ring (bicyclic) bond motifs is 2. The van der Waals surface area contributed by atoms with Crippen molar-refractivity contribution in [2.75, 3.05) is 5.73 Å². The summed E-state index contributed by atoms with van der Waals surface area (Å²) in [6.45, 7) is 0. The van der Waals surface area contributed by atoms with Crippen LogP contribution in [-0.2, 0) is 4.57 Å². The van der Waals surface area contributed by atoms with Crippen molar-refractivity contribution in [1.82, 2.24) is 19.9 Å². The number of hydrogen-bond acceptors (Lipinski definition) is 9. The van der Waals surface area contributed by atoms with Gasteiger partial charge >= 0.3 is 13.7 Å². The van der Waals surface area contributed by atoms with Crippen molar-refractivity contribution in [3.8, 4) is 34.0 Å². The van der Waals surface area contributed by atoms with Gasteiger partial charge in [-0.05, 0) is 54.1 Å². The van der Waals surface area contributed by atoms with Gasteiger partial charge in [0.25, 0.3) is 0 Å². The first-order valence-corrected chi connectivity index (χ1v) is 18.1. The van der Waals surface area contributed by atoms with Gasteiger partial charge in [0.1, 0.15) is 11.5 Å².